The summed E-state index contributed by atoms with van der Waals surface area (Å²) in [5.41, 5.74) is 7.06. The fourth-order valence-electron chi connectivity index (χ4n) is 1.69. The average molecular weight is 339 g/mol. The number of aryl methyl sites for hydroxylation is 2. The maximum absolute atomic E-state index is 13.2. The van der Waals surface area contributed by atoms with Crippen LogP contribution >= 0.6 is 15.9 Å². The first-order valence-corrected chi connectivity index (χ1v) is 6.54. The van der Waals surface area contributed by atoms with E-state index in [9.17, 15) is 9.18 Å². The number of nitrogen functional groups attached to an aromatic ring is 1. The predicted molar refractivity (Wildman–Crippen MR) is 78.0 cm³/mol. The van der Waals surface area contributed by atoms with Crippen LogP contribution in [0.25, 0.3) is 0 Å². The van der Waals surface area contributed by atoms with Crippen molar-refractivity contribution in [3.05, 3.63) is 45.4 Å². The van der Waals surface area contributed by atoms with Gasteiger partial charge in [-0.2, -0.15) is 0 Å². The van der Waals surface area contributed by atoms with E-state index < -0.39 is 11.7 Å². The summed E-state index contributed by atoms with van der Waals surface area (Å²) in [6.45, 7) is 3.60. The van der Waals surface area contributed by atoms with Crippen LogP contribution in [0, 0.1) is 19.7 Å². The molecule has 3 N–H and O–H groups in total. The Morgan fingerprint density at radius 2 is 1.85 bits per heavy atom. The van der Waals surface area contributed by atoms with Gasteiger partial charge < -0.3 is 5.73 Å². The summed E-state index contributed by atoms with van der Waals surface area (Å²) in [7, 11) is 0. The Balaban J connectivity index is 2.30. The molecule has 104 valence electrons. The molecule has 0 fully saturated rings. The molecule has 2 aromatic rings. The number of carbonyl (C=O) groups is 1. The molecular formula is C13H12BrFN4O. The number of nitrogens with one attached hydrogen (secondary N) is 1. The molecule has 0 unspecified atom stereocenters. The Hall–Kier alpha value is -2.02. The standard InChI is InChI=1S/C13H12BrFN4O/c1-6-3-7(2)18-13(17-6)19-12(20)8-4-11(16)10(15)5-9(8)14/h3-5H,16H2,1-2H3,(H,17,18,19,20). The lowest BCUT2D eigenvalue weighted by atomic mass is 10.2. The van der Waals surface area contributed by atoms with E-state index in [1.165, 1.54) is 6.07 Å². The number of carbonyl (C=O) groups excluding carboxylic acids is 1. The lowest BCUT2D eigenvalue weighted by molar-refractivity contribution is 0.102. The molecule has 0 aliphatic carbocycles. The molecule has 0 radical (unpaired) electrons. The molecule has 1 aromatic heterocycles. The van der Waals surface area contributed by atoms with Crippen molar-refractivity contribution < 1.29 is 9.18 Å². The Morgan fingerprint density at radius 3 is 2.45 bits per heavy atom. The van der Waals surface area contributed by atoms with Crippen molar-refractivity contribution in [1.29, 1.82) is 0 Å². The minimum absolute atomic E-state index is 0.0975. The van der Waals surface area contributed by atoms with E-state index in [1.54, 1.807) is 19.9 Å². The molecule has 1 aromatic carbocycles. The van der Waals surface area contributed by atoms with E-state index in [-0.39, 0.29) is 17.2 Å². The lowest BCUT2D eigenvalue weighted by Gasteiger charge is -2.08. The van der Waals surface area contributed by atoms with E-state index in [1.807, 2.05) is 0 Å². The molecule has 0 bridgehead atoms. The van der Waals surface area contributed by atoms with Crippen LogP contribution < -0.4 is 11.1 Å². The average Bonchev–Trinajstić information content (AvgIpc) is 2.32. The van der Waals surface area contributed by atoms with Crippen LogP contribution in [0.2, 0.25) is 0 Å². The van der Waals surface area contributed by atoms with Crippen molar-refractivity contribution in [3.63, 3.8) is 0 Å². The number of benzene rings is 1. The molecule has 20 heavy (non-hydrogen) atoms. The Labute approximate surface area is 123 Å². The van der Waals surface area contributed by atoms with Crippen LogP contribution in [-0.4, -0.2) is 15.9 Å². The molecule has 0 spiro atoms. The quantitative estimate of drug-likeness (QED) is 0.825. The summed E-state index contributed by atoms with van der Waals surface area (Å²) >= 11 is 3.13. The van der Waals surface area contributed by atoms with E-state index >= 15 is 0 Å². The number of nitrogens with zero attached hydrogens (tertiary/aromatic N) is 2. The molecule has 7 heteroatoms. The fraction of sp³-hybridized carbons (Fsp3) is 0.154. The Bertz CT molecular complexity index is 670. The van der Waals surface area contributed by atoms with Gasteiger partial charge in [-0.1, -0.05) is 0 Å². The zero-order valence-corrected chi connectivity index (χ0v) is 12.5. The number of anilines is 2. The van der Waals surface area contributed by atoms with Gasteiger partial charge in [-0.15, -0.1) is 0 Å². The zero-order chi connectivity index (χ0) is 14.9. The maximum Gasteiger partial charge on any atom is 0.259 e. The number of aromatic nitrogens is 2. The van der Waals surface area contributed by atoms with Gasteiger partial charge in [0.15, 0.2) is 0 Å². The molecule has 0 saturated carbocycles. The molecule has 0 saturated heterocycles. The number of halogens is 2. The monoisotopic (exact) mass is 338 g/mol. The summed E-state index contributed by atoms with van der Waals surface area (Å²) in [5.74, 6) is -0.855. The van der Waals surface area contributed by atoms with Gasteiger partial charge in [-0.3, -0.25) is 10.1 Å². The Kier molecular flexibility index (Phi) is 3.99. The van der Waals surface area contributed by atoms with Gasteiger partial charge >= 0.3 is 0 Å². The van der Waals surface area contributed by atoms with Crippen LogP contribution in [-0.2, 0) is 0 Å². The summed E-state index contributed by atoms with van der Waals surface area (Å²) in [4.78, 5) is 20.3. The van der Waals surface area contributed by atoms with Gasteiger partial charge in [-0.25, -0.2) is 14.4 Å². The third-order valence-corrected chi connectivity index (χ3v) is 3.19. The summed E-state index contributed by atoms with van der Waals surface area (Å²) in [5, 5.41) is 2.56. The van der Waals surface area contributed by atoms with E-state index in [2.05, 4.69) is 31.2 Å². The molecule has 0 aliphatic rings. The number of rotatable bonds is 2. The third kappa shape index (κ3) is 3.11. The van der Waals surface area contributed by atoms with E-state index in [0.29, 0.717) is 4.47 Å². The number of amides is 1. The van der Waals surface area contributed by atoms with Gasteiger partial charge in [0.2, 0.25) is 5.95 Å². The van der Waals surface area contributed by atoms with Crippen LogP contribution in [0.3, 0.4) is 0 Å². The Morgan fingerprint density at radius 1 is 1.25 bits per heavy atom. The van der Waals surface area contributed by atoms with Crippen molar-refractivity contribution >= 4 is 33.5 Å². The van der Waals surface area contributed by atoms with E-state index in [0.717, 1.165) is 17.5 Å². The highest BCUT2D eigenvalue weighted by molar-refractivity contribution is 9.10. The van der Waals surface area contributed by atoms with E-state index in [4.69, 9.17) is 5.73 Å². The zero-order valence-electron chi connectivity index (χ0n) is 10.9. The van der Waals surface area contributed by atoms with Gasteiger partial charge in [0.05, 0.1) is 11.3 Å². The van der Waals surface area contributed by atoms with Crippen LogP contribution in [0.15, 0.2) is 22.7 Å². The molecule has 0 aliphatic heterocycles. The highest BCUT2D eigenvalue weighted by Gasteiger charge is 2.14. The first kappa shape index (κ1) is 14.4. The fourth-order valence-corrected chi connectivity index (χ4v) is 2.19. The topological polar surface area (TPSA) is 80.9 Å². The maximum atomic E-state index is 13.2. The lowest BCUT2D eigenvalue weighted by Crippen LogP contribution is -2.16. The van der Waals surface area contributed by atoms with Crippen molar-refractivity contribution in [2.75, 3.05) is 11.1 Å². The SMILES string of the molecule is Cc1cc(C)nc(NC(=O)c2cc(N)c(F)cc2Br)n1. The normalized spacial score (nSPS) is 10.4. The van der Waals surface area contributed by atoms with Gasteiger partial charge in [0, 0.05) is 15.9 Å². The second-order valence-electron chi connectivity index (χ2n) is 4.28. The summed E-state index contributed by atoms with van der Waals surface area (Å²) < 4.78 is 13.6. The minimum Gasteiger partial charge on any atom is -0.396 e. The first-order chi connectivity index (χ1) is 9.36. The summed E-state index contributed by atoms with van der Waals surface area (Å²) in [6, 6.07) is 4.20. The van der Waals surface area contributed by atoms with Gasteiger partial charge in [0.25, 0.3) is 5.91 Å². The molecular weight excluding hydrogens is 327 g/mol. The van der Waals surface area contributed by atoms with Gasteiger partial charge in [0.1, 0.15) is 5.82 Å². The molecule has 0 atom stereocenters. The highest BCUT2D eigenvalue weighted by atomic mass is 79.9. The van der Waals surface area contributed by atoms with Crippen molar-refractivity contribution in [2.45, 2.75) is 13.8 Å². The van der Waals surface area contributed by atoms with Crippen molar-refractivity contribution in [1.82, 2.24) is 9.97 Å². The molecule has 5 nitrogen and oxygen atoms in total. The smallest absolute Gasteiger partial charge is 0.259 e. The second kappa shape index (κ2) is 5.54. The number of hydrogen-bond acceptors (Lipinski definition) is 4. The third-order valence-electron chi connectivity index (χ3n) is 2.54. The van der Waals surface area contributed by atoms with Crippen LogP contribution in [0.1, 0.15) is 21.7 Å². The number of nitrogens with two attached hydrogens (primary N) is 1. The van der Waals surface area contributed by atoms with Gasteiger partial charge in [-0.05, 0) is 48.0 Å². The predicted octanol–water partition coefficient (Wildman–Crippen LogP) is 2.83. The second-order valence-corrected chi connectivity index (χ2v) is 5.14. The van der Waals surface area contributed by atoms with Crippen molar-refractivity contribution in [2.24, 2.45) is 0 Å². The molecule has 2 rings (SSSR count). The van der Waals surface area contributed by atoms with Crippen LogP contribution in [0.4, 0.5) is 16.0 Å². The largest absolute Gasteiger partial charge is 0.396 e. The van der Waals surface area contributed by atoms with Crippen molar-refractivity contribution in [3.8, 4) is 0 Å². The minimum atomic E-state index is -0.587. The summed E-state index contributed by atoms with van der Waals surface area (Å²) in [6.07, 6.45) is 0. The van der Waals surface area contributed by atoms with Crippen LogP contribution in [0.5, 0.6) is 0 Å². The molecule has 1 amide bonds. The molecule has 1 heterocycles. The first-order valence-electron chi connectivity index (χ1n) is 5.75. The highest BCUT2D eigenvalue weighted by Crippen LogP contribution is 2.23. The number of hydrogen-bond donors (Lipinski definition) is 2.